The minimum atomic E-state index is -0.358. The van der Waals surface area contributed by atoms with Crippen molar-refractivity contribution >= 4 is 12.4 Å². The molecule has 3 nitrogen and oxygen atoms in total. The van der Waals surface area contributed by atoms with Crippen molar-refractivity contribution in [2.75, 3.05) is 32.9 Å². The second-order valence-corrected chi connectivity index (χ2v) is 4.34. The number of piperazine rings is 1. The highest BCUT2D eigenvalue weighted by molar-refractivity contribution is 5.85. The van der Waals surface area contributed by atoms with E-state index in [4.69, 9.17) is 0 Å². The monoisotopic (exact) mass is 274 g/mol. The number of alkyl halides is 1. The molecule has 0 bridgehead atoms. The van der Waals surface area contributed by atoms with Gasteiger partial charge in [-0.2, -0.15) is 0 Å². The fourth-order valence-corrected chi connectivity index (χ4v) is 2.40. The summed E-state index contributed by atoms with van der Waals surface area (Å²) in [4.78, 5) is 2.24. The summed E-state index contributed by atoms with van der Waals surface area (Å²) in [7, 11) is 0. The van der Waals surface area contributed by atoms with Crippen molar-refractivity contribution in [1.82, 2.24) is 10.2 Å². The first-order chi connectivity index (χ1) is 8.33. The van der Waals surface area contributed by atoms with E-state index in [0.29, 0.717) is 6.42 Å². The third-order valence-electron chi connectivity index (χ3n) is 3.27. The predicted octanol–water partition coefficient (Wildman–Crippen LogP) is 2.12. The Hall–Kier alpha value is -0.840. The van der Waals surface area contributed by atoms with Gasteiger partial charge < -0.3 is 10.4 Å². The van der Waals surface area contributed by atoms with E-state index in [2.05, 4.69) is 10.2 Å². The maximum absolute atomic E-state index is 12.7. The zero-order valence-corrected chi connectivity index (χ0v) is 11.1. The van der Waals surface area contributed by atoms with Crippen LogP contribution in [0.15, 0.2) is 24.3 Å². The molecule has 1 saturated heterocycles. The minimum absolute atomic E-state index is 0. The van der Waals surface area contributed by atoms with E-state index in [1.807, 2.05) is 12.1 Å². The van der Waals surface area contributed by atoms with Gasteiger partial charge in [0.25, 0.3) is 0 Å². The molecule has 102 valence electrons. The maximum Gasteiger partial charge on any atom is 0.120 e. The smallest absolute Gasteiger partial charge is 0.120 e. The number of hydrogen-bond acceptors (Lipinski definition) is 3. The second kappa shape index (κ2) is 7.56. The average Bonchev–Trinajstić information content (AvgIpc) is 2.38. The average molecular weight is 275 g/mol. The number of halogens is 2. The van der Waals surface area contributed by atoms with E-state index < -0.39 is 0 Å². The molecule has 1 aliphatic heterocycles. The molecule has 0 radical (unpaired) electrons. The van der Waals surface area contributed by atoms with Gasteiger partial charge in [-0.3, -0.25) is 9.29 Å². The van der Waals surface area contributed by atoms with Crippen molar-refractivity contribution in [1.29, 1.82) is 0 Å². The Labute approximate surface area is 113 Å². The topological polar surface area (TPSA) is 35.5 Å². The molecule has 1 aromatic rings. The summed E-state index contributed by atoms with van der Waals surface area (Å²) in [5.74, 6) is 0.268. The molecule has 1 aromatic carbocycles. The van der Waals surface area contributed by atoms with Crippen LogP contribution < -0.4 is 5.32 Å². The van der Waals surface area contributed by atoms with Crippen LogP contribution in [-0.4, -0.2) is 42.9 Å². The fraction of sp³-hybridized carbons (Fsp3) is 0.538. The molecule has 0 amide bonds. The lowest BCUT2D eigenvalue weighted by Crippen LogP contribution is -2.45. The summed E-state index contributed by atoms with van der Waals surface area (Å²) in [6.07, 6.45) is 0.442. The molecule has 0 saturated carbocycles. The Morgan fingerprint density at radius 1 is 1.28 bits per heavy atom. The summed E-state index contributed by atoms with van der Waals surface area (Å²) in [5.41, 5.74) is 0.840. The van der Waals surface area contributed by atoms with Gasteiger partial charge in [0.1, 0.15) is 5.75 Å². The van der Waals surface area contributed by atoms with E-state index in [-0.39, 0.29) is 30.9 Å². The number of nitrogens with zero attached hydrogens (tertiary/aromatic N) is 1. The van der Waals surface area contributed by atoms with Crippen LogP contribution in [0.25, 0.3) is 0 Å². The van der Waals surface area contributed by atoms with E-state index >= 15 is 0 Å². The quantitative estimate of drug-likeness (QED) is 0.883. The SMILES string of the molecule is Cl.Oc1ccccc1[C@@H](CCF)N1CCNCC1. The Kier molecular flexibility index (Phi) is 6.39. The van der Waals surface area contributed by atoms with Crippen molar-refractivity contribution in [3.8, 4) is 5.75 Å². The van der Waals surface area contributed by atoms with Crippen molar-refractivity contribution in [2.24, 2.45) is 0 Å². The first kappa shape index (κ1) is 15.2. The summed E-state index contributed by atoms with van der Waals surface area (Å²) in [6, 6.07) is 7.23. The highest BCUT2D eigenvalue weighted by Crippen LogP contribution is 2.31. The Morgan fingerprint density at radius 2 is 1.94 bits per heavy atom. The van der Waals surface area contributed by atoms with Crippen LogP contribution in [0.4, 0.5) is 4.39 Å². The number of hydrogen-bond donors (Lipinski definition) is 2. The highest BCUT2D eigenvalue weighted by atomic mass is 35.5. The first-order valence-corrected chi connectivity index (χ1v) is 6.11. The molecule has 0 spiro atoms. The van der Waals surface area contributed by atoms with Crippen LogP contribution >= 0.6 is 12.4 Å². The van der Waals surface area contributed by atoms with E-state index in [1.54, 1.807) is 12.1 Å². The third kappa shape index (κ3) is 3.57. The zero-order valence-electron chi connectivity index (χ0n) is 10.3. The van der Waals surface area contributed by atoms with E-state index in [9.17, 15) is 9.50 Å². The standard InChI is InChI=1S/C13H19FN2O.ClH/c14-6-5-12(16-9-7-15-8-10-16)11-3-1-2-4-13(11)17;/h1-4,12,15,17H,5-10H2;1H/t12-;/m1./s1. The van der Waals surface area contributed by atoms with Crippen LogP contribution in [0.5, 0.6) is 5.75 Å². The highest BCUT2D eigenvalue weighted by Gasteiger charge is 2.23. The lowest BCUT2D eigenvalue weighted by atomic mass is 10.0. The molecule has 2 rings (SSSR count). The van der Waals surface area contributed by atoms with Crippen molar-refractivity contribution < 1.29 is 9.50 Å². The van der Waals surface area contributed by atoms with Gasteiger partial charge in [-0.05, 0) is 12.5 Å². The number of rotatable bonds is 4. The van der Waals surface area contributed by atoms with Gasteiger partial charge in [-0.15, -0.1) is 12.4 Å². The van der Waals surface area contributed by atoms with Crippen LogP contribution in [0.1, 0.15) is 18.0 Å². The van der Waals surface area contributed by atoms with Gasteiger partial charge in [0.2, 0.25) is 0 Å². The number of nitrogens with one attached hydrogen (secondary N) is 1. The Balaban J connectivity index is 0.00000162. The van der Waals surface area contributed by atoms with Crippen LogP contribution in [0, 0.1) is 0 Å². The van der Waals surface area contributed by atoms with Crippen LogP contribution in [0.3, 0.4) is 0 Å². The fourth-order valence-electron chi connectivity index (χ4n) is 2.40. The summed E-state index contributed by atoms with van der Waals surface area (Å²) in [5, 5.41) is 13.2. The molecular formula is C13H20ClFN2O. The number of phenolic OH excluding ortho intramolecular Hbond substituents is 1. The molecule has 0 aliphatic carbocycles. The van der Waals surface area contributed by atoms with Gasteiger partial charge in [0.15, 0.2) is 0 Å². The Bertz CT molecular complexity index is 359. The molecule has 2 N–H and O–H groups in total. The van der Waals surface area contributed by atoms with Gasteiger partial charge in [0, 0.05) is 37.8 Å². The second-order valence-electron chi connectivity index (χ2n) is 4.34. The lowest BCUT2D eigenvalue weighted by Gasteiger charge is -2.35. The predicted molar refractivity (Wildman–Crippen MR) is 73.1 cm³/mol. The molecule has 18 heavy (non-hydrogen) atoms. The lowest BCUT2D eigenvalue weighted by molar-refractivity contribution is 0.155. The van der Waals surface area contributed by atoms with E-state index in [0.717, 1.165) is 31.7 Å². The first-order valence-electron chi connectivity index (χ1n) is 6.11. The van der Waals surface area contributed by atoms with Crippen molar-refractivity contribution in [3.63, 3.8) is 0 Å². The van der Waals surface area contributed by atoms with E-state index in [1.165, 1.54) is 0 Å². The molecule has 5 heteroatoms. The molecular weight excluding hydrogens is 255 g/mol. The van der Waals surface area contributed by atoms with Gasteiger partial charge in [-0.25, -0.2) is 0 Å². The van der Waals surface area contributed by atoms with Gasteiger partial charge >= 0.3 is 0 Å². The largest absolute Gasteiger partial charge is 0.508 e. The normalized spacial score (nSPS) is 18.1. The molecule has 1 aliphatic rings. The molecule has 1 atom stereocenters. The third-order valence-corrected chi connectivity index (χ3v) is 3.27. The minimum Gasteiger partial charge on any atom is -0.508 e. The summed E-state index contributed by atoms with van der Waals surface area (Å²) >= 11 is 0. The number of phenols is 1. The molecule has 0 unspecified atom stereocenters. The Morgan fingerprint density at radius 3 is 2.56 bits per heavy atom. The van der Waals surface area contributed by atoms with Gasteiger partial charge in [-0.1, -0.05) is 18.2 Å². The summed E-state index contributed by atoms with van der Waals surface area (Å²) < 4.78 is 12.7. The number of benzene rings is 1. The van der Waals surface area contributed by atoms with Gasteiger partial charge in [0.05, 0.1) is 6.67 Å². The van der Waals surface area contributed by atoms with Crippen molar-refractivity contribution in [3.05, 3.63) is 29.8 Å². The molecule has 1 heterocycles. The van der Waals surface area contributed by atoms with Crippen molar-refractivity contribution in [2.45, 2.75) is 12.5 Å². The number of aromatic hydroxyl groups is 1. The zero-order chi connectivity index (χ0) is 12.1. The van der Waals surface area contributed by atoms with Crippen LogP contribution in [0.2, 0.25) is 0 Å². The molecule has 1 fully saturated rings. The maximum atomic E-state index is 12.7. The number of para-hydroxylation sites is 1. The molecule has 0 aromatic heterocycles. The summed E-state index contributed by atoms with van der Waals surface area (Å²) in [6.45, 7) is 3.30. The van der Waals surface area contributed by atoms with Crippen LogP contribution in [-0.2, 0) is 0 Å².